The van der Waals surface area contributed by atoms with E-state index in [-0.39, 0.29) is 5.92 Å². The van der Waals surface area contributed by atoms with Gasteiger partial charge in [-0.2, -0.15) is 0 Å². The molecule has 5 nitrogen and oxygen atoms in total. The van der Waals surface area contributed by atoms with Crippen LogP contribution in [0.15, 0.2) is 36.5 Å². The van der Waals surface area contributed by atoms with E-state index in [0.29, 0.717) is 23.8 Å². The van der Waals surface area contributed by atoms with Crippen molar-refractivity contribution in [2.45, 2.75) is 26.2 Å². The van der Waals surface area contributed by atoms with Crippen molar-refractivity contribution < 1.29 is 14.3 Å². The van der Waals surface area contributed by atoms with Crippen LogP contribution in [0.3, 0.4) is 0 Å². The van der Waals surface area contributed by atoms with Gasteiger partial charge in [-0.05, 0) is 42.7 Å². The van der Waals surface area contributed by atoms with Crippen molar-refractivity contribution >= 4 is 5.91 Å². The fourth-order valence-corrected chi connectivity index (χ4v) is 3.06. The van der Waals surface area contributed by atoms with Gasteiger partial charge in [-0.25, -0.2) is 0 Å². The van der Waals surface area contributed by atoms with E-state index in [1.807, 2.05) is 44.3 Å². The molecule has 0 saturated carbocycles. The Morgan fingerprint density at radius 2 is 2.24 bits per heavy atom. The first kappa shape index (κ1) is 17.4. The van der Waals surface area contributed by atoms with Gasteiger partial charge in [0.1, 0.15) is 5.75 Å². The number of primary amides is 1. The number of aryl methyl sites for hydroxylation is 1. The minimum absolute atomic E-state index is 0.0212. The highest BCUT2D eigenvalue weighted by molar-refractivity contribution is 5.95. The average Bonchev–Trinajstić information content (AvgIpc) is 3.13. The monoisotopic (exact) mass is 340 g/mol. The third-order valence-corrected chi connectivity index (χ3v) is 4.70. The van der Waals surface area contributed by atoms with Crippen LogP contribution in [0.5, 0.6) is 5.75 Å². The Kier molecular flexibility index (Phi) is 5.34. The number of amides is 1. The topological polar surface area (TPSA) is 74.4 Å². The minimum Gasteiger partial charge on any atom is -0.493 e. The van der Waals surface area contributed by atoms with Crippen LogP contribution >= 0.6 is 0 Å². The van der Waals surface area contributed by atoms with Gasteiger partial charge in [0.25, 0.3) is 0 Å². The fraction of sp³-hybridized carbons (Fsp3) is 0.400. The van der Waals surface area contributed by atoms with E-state index >= 15 is 0 Å². The molecule has 1 aromatic heterocycles. The molecular formula is C20H24N2O3. The molecule has 0 bridgehead atoms. The first-order valence-electron chi connectivity index (χ1n) is 8.61. The van der Waals surface area contributed by atoms with Gasteiger partial charge in [-0.15, -0.1) is 0 Å². The molecule has 1 amide bonds. The molecule has 1 saturated heterocycles. The molecule has 1 fully saturated rings. The van der Waals surface area contributed by atoms with Crippen LogP contribution < -0.4 is 10.5 Å². The lowest BCUT2D eigenvalue weighted by Gasteiger charge is -2.17. The van der Waals surface area contributed by atoms with Crippen LogP contribution in [0.1, 0.15) is 46.4 Å². The number of hydrogen-bond donors (Lipinski definition) is 1. The summed E-state index contributed by atoms with van der Waals surface area (Å²) in [5.74, 6) is 0.650. The average molecular weight is 340 g/mol. The van der Waals surface area contributed by atoms with Crippen LogP contribution in [0.2, 0.25) is 0 Å². The molecule has 25 heavy (non-hydrogen) atoms. The number of pyridine rings is 1. The zero-order valence-corrected chi connectivity index (χ0v) is 14.7. The molecule has 0 spiro atoms. The van der Waals surface area contributed by atoms with Gasteiger partial charge in [-0.1, -0.05) is 19.1 Å². The number of aromatic nitrogens is 1. The van der Waals surface area contributed by atoms with E-state index in [1.54, 1.807) is 6.07 Å². The Labute approximate surface area is 148 Å². The van der Waals surface area contributed by atoms with Gasteiger partial charge in [0, 0.05) is 35.9 Å². The summed E-state index contributed by atoms with van der Waals surface area (Å²) in [4.78, 5) is 16.3. The Morgan fingerprint density at radius 1 is 1.40 bits per heavy atom. The number of benzene rings is 1. The largest absolute Gasteiger partial charge is 0.493 e. The number of rotatable bonds is 6. The lowest BCUT2D eigenvalue weighted by atomic mass is 9.90. The maximum atomic E-state index is 12.0. The van der Waals surface area contributed by atoms with Crippen molar-refractivity contribution in [3.05, 3.63) is 58.9 Å². The zero-order chi connectivity index (χ0) is 17.8. The van der Waals surface area contributed by atoms with Crippen molar-refractivity contribution in [3.8, 4) is 5.75 Å². The van der Waals surface area contributed by atoms with E-state index in [1.165, 1.54) is 0 Å². The molecule has 1 unspecified atom stereocenters. The number of nitrogens with zero attached hydrogens (tertiary/aromatic N) is 1. The molecular weight excluding hydrogens is 316 g/mol. The van der Waals surface area contributed by atoms with Crippen molar-refractivity contribution in [3.63, 3.8) is 0 Å². The summed E-state index contributed by atoms with van der Waals surface area (Å²) in [6.07, 6.45) is 2.85. The summed E-state index contributed by atoms with van der Waals surface area (Å²) in [5.41, 5.74) is 9.00. The highest BCUT2D eigenvalue weighted by atomic mass is 16.5. The molecule has 0 aliphatic carbocycles. The van der Waals surface area contributed by atoms with Crippen molar-refractivity contribution in [2.24, 2.45) is 11.7 Å². The molecule has 132 valence electrons. The van der Waals surface area contributed by atoms with Crippen LogP contribution in [0.4, 0.5) is 0 Å². The molecule has 1 aliphatic heterocycles. The Balaban J connectivity index is 1.81. The SMILES string of the molecule is Cc1ccc([C@H](C)c2ccc(OCC3CCOC3)cc2C(N)=O)cn1. The van der Waals surface area contributed by atoms with Crippen LogP contribution in [-0.2, 0) is 4.74 Å². The Hall–Kier alpha value is -2.40. The first-order chi connectivity index (χ1) is 12.0. The number of nitrogens with two attached hydrogens (primary N) is 1. The van der Waals surface area contributed by atoms with Gasteiger partial charge in [0.05, 0.1) is 13.2 Å². The summed E-state index contributed by atoms with van der Waals surface area (Å²) >= 11 is 0. The highest BCUT2D eigenvalue weighted by Gasteiger charge is 2.19. The summed E-state index contributed by atoms with van der Waals surface area (Å²) < 4.78 is 11.2. The molecule has 2 atom stereocenters. The van der Waals surface area contributed by atoms with Gasteiger partial charge in [-0.3, -0.25) is 9.78 Å². The minimum atomic E-state index is -0.448. The Bertz CT molecular complexity index is 737. The third-order valence-electron chi connectivity index (χ3n) is 4.70. The maximum Gasteiger partial charge on any atom is 0.249 e. The summed E-state index contributed by atoms with van der Waals surface area (Å²) in [6.45, 7) is 6.12. The molecule has 1 aliphatic rings. The standard InChI is InChI=1S/C20H24N2O3/c1-13-3-4-16(10-22-13)14(2)18-6-5-17(9-19(18)20(21)23)25-12-15-7-8-24-11-15/h3-6,9-10,14-15H,7-8,11-12H2,1-2H3,(H2,21,23)/t14-,15?/m0/s1. The summed E-state index contributed by atoms with van der Waals surface area (Å²) in [5, 5.41) is 0. The predicted octanol–water partition coefficient (Wildman–Crippen LogP) is 3.06. The number of hydrogen-bond acceptors (Lipinski definition) is 4. The van der Waals surface area contributed by atoms with E-state index in [4.69, 9.17) is 15.2 Å². The van der Waals surface area contributed by atoms with E-state index in [9.17, 15) is 4.79 Å². The maximum absolute atomic E-state index is 12.0. The first-order valence-corrected chi connectivity index (χ1v) is 8.61. The lowest BCUT2D eigenvalue weighted by molar-refractivity contribution is 0.0998. The van der Waals surface area contributed by atoms with Crippen molar-refractivity contribution in [2.75, 3.05) is 19.8 Å². The van der Waals surface area contributed by atoms with E-state index in [0.717, 1.165) is 36.5 Å². The Morgan fingerprint density at radius 3 is 2.88 bits per heavy atom. The molecule has 5 heteroatoms. The molecule has 3 rings (SSSR count). The highest BCUT2D eigenvalue weighted by Crippen LogP contribution is 2.29. The van der Waals surface area contributed by atoms with Gasteiger partial charge < -0.3 is 15.2 Å². The molecule has 1 aromatic carbocycles. The lowest BCUT2D eigenvalue weighted by Crippen LogP contribution is -2.16. The summed E-state index contributed by atoms with van der Waals surface area (Å²) in [7, 11) is 0. The number of carbonyl (C=O) groups excluding carboxylic acids is 1. The van der Waals surface area contributed by atoms with E-state index in [2.05, 4.69) is 4.98 Å². The molecule has 2 N–H and O–H groups in total. The number of ether oxygens (including phenoxy) is 2. The number of carbonyl (C=O) groups is 1. The predicted molar refractivity (Wildman–Crippen MR) is 95.9 cm³/mol. The second-order valence-electron chi connectivity index (χ2n) is 6.61. The van der Waals surface area contributed by atoms with Crippen LogP contribution in [-0.4, -0.2) is 30.7 Å². The molecule has 0 radical (unpaired) electrons. The second kappa shape index (κ2) is 7.66. The second-order valence-corrected chi connectivity index (χ2v) is 6.61. The van der Waals surface area contributed by atoms with Gasteiger partial charge in [0.15, 0.2) is 0 Å². The van der Waals surface area contributed by atoms with Crippen molar-refractivity contribution in [1.82, 2.24) is 4.98 Å². The van der Waals surface area contributed by atoms with Crippen molar-refractivity contribution in [1.29, 1.82) is 0 Å². The van der Waals surface area contributed by atoms with Crippen LogP contribution in [0.25, 0.3) is 0 Å². The van der Waals surface area contributed by atoms with Gasteiger partial charge >= 0.3 is 0 Å². The third kappa shape index (κ3) is 4.17. The molecule has 2 heterocycles. The fourth-order valence-electron chi connectivity index (χ4n) is 3.06. The zero-order valence-electron chi connectivity index (χ0n) is 14.7. The van der Waals surface area contributed by atoms with Gasteiger partial charge in [0.2, 0.25) is 5.91 Å². The van der Waals surface area contributed by atoms with Crippen LogP contribution in [0, 0.1) is 12.8 Å². The smallest absolute Gasteiger partial charge is 0.249 e. The summed E-state index contributed by atoms with van der Waals surface area (Å²) in [6, 6.07) is 9.56. The van der Waals surface area contributed by atoms with E-state index < -0.39 is 5.91 Å². The molecule has 2 aromatic rings. The quantitative estimate of drug-likeness (QED) is 0.877. The normalized spacial score (nSPS) is 18.1.